The smallest absolute Gasteiger partial charge is 0.342 e. The van der Waals surface area contributed by atoms with E-state index >= 15 is 0 Å². The molecule has 0 aliphatic rings. The average Bonchev–Trinajstić information content (AvgIpc) is 3.19. The van der Waals surface area contributed by atoms with Crippen molar-refractivity contribution in [1.29, 1.82) is 0 Å². The van der Waals surface area contributed by atoms with Gasteiger partial charge in [-0.3, -0.25) is 0 Å². The molecule has 1 aromatic carbocycles. The van der Waals surface area contributed by atoms with Gasteiger partial charge in [0.2, 0.25) is 0 Å². The normalized spacial score (nSPS) is 10.8. The Bertz CT molecular complexity index is 1010. The van der Waals surface area contributed by atoms with Gasteiger partial charge in [0.25, 0.3) is 0 Å². The molecule has 3 aromatic rings. The predicted molar refractivity (Wildman–Crippen MR) is 96.9 cm³/mol. The maximum Gasteiger partial charge on any atom is 0.342 e. The first-order valence-corrected chi connectivity index (χ1v) is 8.34. The number of hydrogen-bond acceptors (Lipinski definition) is 6. The summed E-state index contributed by atoms with van der Waals surface area (Å²) in [6, 6.07) is 7.73. The van der Waals surface area contributed by atoms with Crippen LogP contribution in [0, 0.1) is 30.9 Å². The third kappa shape index (κ3) is 3.57. The molecule has 2 heterocycles. The molecule has 0 aliphatic heterocycles. The zero-order valence-electron chi connectivity index (χ0n) is 15.2. The summed E-state index contributed by atoms with van der Waals surface area (Å²) in [5.74, 6) is -0.166. The number of rotatable bonds is 6. The van der Waals surface area contributed by atoms with Crippen LogP contribution in [0.4, 0.5) is 5.82 Å². The van der Waals surface area contributed by atoms with E-state index in [1.54, 1.807) is 18.5 Å². The van der Waals surface area contributed by atoms with Gasteiger partial charge >= 0.3 is 11.8 Å². The summed E-state index contributed by atoms with van der Waals surface area (Å²) in [6.45, 7) is 5.56. The van der Waals surface area contributed by atoms with Crippen molar-refractivity contribution in [3.8, 4) is 5.69 Å². The van der Waals surface area contributed by atoms with Crippen LogP contribution in [-0.2, 0) is 11.3 Å². The van der Waals surface area contributed by atoms with Gasteiger partial charge in [-0.1, -0.05) is 18.2 Å². The van der Waals surface area contributed by atoms with E-state index in [1.165, 1.54) is 17.0 Å². The third-order valence-electron chi connectivity index (χ3n) is 4.34. The number of esters is 1. The molecular weight excluding hydrogens is 350 g/mol. The summed E-state index contributed by atoms with van der Waals surface area (Å²) in [5.41, 5.74) is 2.94. The van der Waals surface area contributed by atoms with E-state index in [1.807, 2.05) is 31.2 Å². The second kappa shape index (κ2) is 7.40. The zero-order chi connectivity index (χ0) is 19.6. The molecule has 0 saturated carbocycles. The van der Waals surface area contributed by atoms with Crippen LogP contribution in [0.1, 0.15) is 27.4 Å². The Balaban J connectivity index is 1.70. The molecule has 0 atom stereocenters. The molecule has 0 bridgehead atoms. The van der Waals surface area contributed by atoms with Crippen LogP contribution in [0.3, 0.4) is 0 Å². The Morgan fingerprint density at radius 1 is 1.22 bits per heavy atom. The molecule has 0 unspecified atom stereocenters. The third-order valence-corrected chi connectivity index (χ3v) is 4.34. The minimum absolute atomic E-state index is 0.00808. The van der Waals surface area contributed by atoms with Crippen molar-refractivity contribution in [2.24, 2.45) is 0 Å². The van der Waals surface area contributed by atoms with Crippen molar-refractivity contribution < 1.29 is 14.5 Å². The van der Waals surface area contributed by atoms with Crippen LogP contribution in [0.25, 0.3) is 5.69 Å². The molecule has 140 valence electrons. The number of imidazole rings is 1. The van der Waals surface area contributed by atoms with Gasteiger partial charge in [0, 0.05) is 6.92 Å². The van der Waals surface area contributed by atoms with Crippen molar-refractivity contribution >= 4 is 11.8 Å². The molecule has 9 heteroatoms. The van der Waals surface area contributed by atoms with Crippen LogP contribution < -0.4 is 0 Å². The van der Waals surface area contributed by atoms with Gasteiger partial charge in [0.1, 0.15) is 24.9 Å². The fraction of sp³-hybridized carbons (Fsp3) is 0.278. The standard InChI is InChI=1S/C18H19N5O4/c1-12-6-4-5-7-16(12)22-13(2)15(10-20-22)18(24)27-9-8-21-14(3)19-11-17(21)23(25)26/h4-7,10-11H,8-9H2,1-3H3. The van der Waals surface area contributed by atoms with Gasteiger partial charge in [0.15, 0.2) is 5.82 Å². The highest BCUT2D eigenvalue weighted by molar-refractivity contribution is 5.90. The van der Waals surface area contributed by atoms with Gasteiger partial charge in [-0.2, -0.15) is 5.10 Å². The van der Waals surface area contributed by atoms with Crippen LogP contribution in [0.5, 0.6) is 0 Å². The summed E-state index contributed by atoms with van der Waals surface area (Å²) in [7, 11) is 0. The van der Waals surface area contributed by atoms with E-state index < -0.39 is 10.9 Å². The van der Waals surface area contributed by atoms with Gasteiger partial charge in [0.05, 0.1) is 17.6 Å². The SMILES string of the molecule is Cc1ccccc1-n1ncc(C(=O)OCCn2c([N+](=O)[O-])cnc2C)c1C. The number of carbonyl (C=O) groups is 1. The first-order valence-electron chi connectivity index (χ1n) is 8.34. The molecular formula is C18H19N5O4. The Morgan fingerprint density at radius 2 is 1.96 bits per heavy atom. The molecule has 27 heavy (non-hydrogen) atoms. The Morgan fingerprint density at radius 3 is 2.67 bits per heavy atom. The van der Waals surface area contributed by atoms with Gasteiger partial charge in [-0.25, -0.2) is 19.0 Å². The maximum atomic E-state index is 12.4. The quantitative estimate of drug-likeness (QED) is 0.376. The molecule has 0 amide bonds. The Labute approximate surface area is 155 Å². The van der Waals surface area contributed by atoms with E-state index in [2.05, 4.69) is 10.1 Å². The molecule has 0 saturated heterocycles. The van der Waals surface area contributed by atoms with Crippen molar-refractivity contribution in [2.75, 3.05) is 6.61 Å². The topological polar surface area (TPSA) is 105 Å². The fourth-order valence-electron chi connectivity index (χ4n) is 2.84. The second-order valence-corrected chi connectivity index (χ2v) is 6.05. The molecule has 9 nitrogen and oxygen atoms in total. The fourth-order valence-corrected chi connectivity index (χ4v) is 2.84. The Kier molecular flexibility index (Phi) is 5.02. The lowest BCUT2D eigenvalue weighted by Crippen LogP contribution is -2.14. The minimum Gasteiger partial charge on any atom is -0.458 e. The number of nitro groups is 1. The number of benzene rings is 1. The molecule has 0 aliphatic carbocycles. The number of aromatic nitrogens is 4. The number of ether oxygens (including phenoxy) is 1. The van der Waals surface area contributed by atoms with Gasteiger partial charge in [-0.05, 0) is 30.4 Å². The lowest BCUT2D eigenvalue weighted by atomic mass is 10.2. The average molecular weight is 369 g/mol. The van der Waals surface area contributed by atoms with Crippen molar-refractivity contribution in [3.63, 3.8) is 0 Å². The number of hydrogen-bond donors (Lipinski definition) is 0. The lowest BCUT2D eigenvalue weighted by molar-refractivity contribution is -0.392. The lowest BCUT2D eigenvalue weighted by Gasteiger charge is -2.08. The highest BCUT2D eigenvalue weighted by Crippen LogP contribution is 2.18. The van der Waals surface area contributed by atoms with Crippen LogP contribution >= 0.6 is 0 Å². The number of carbonyl (C=O) groups excluding carboxylic acids is 1. The summed E-state index contributed by atoms with van der Waals surface area (Å²) in [6.07, 6.45) is 2.66. The molecule has 3 rings (SSSR count). The highest BCUT2D eigenvalue weighted by atomic mass is 16.6. The summed E-state index contributed by atoms with van der Waals surface area (Å²) in [5, 5.41) is 15.3. The number of aryl methyl sites for hydroxylation is 2. The molecule has 0 N–H and O–H groups in total. The van der Waals surface area contributed by atoms with Crippen LogP contribution in [-0.4, -0.2) is 36.8 Å². The van der Waals surface area contributed by atoms with E-state index in [4.69, 9.17) is 4.74 Å². The van der Waals surface area contributed by atoms with E-state index in [0.717, 1.165) is 11.3 Å². The van der Waals surface area contributed by atoms with Crippen LogP contribution in [0.15, 0.2) is 36.7 Å². The van der Waals surface area contributed by atoms with Gasteiger partial charge < -0.3 is 14.9 Å². The van der Waals surface area contributed by atoms with Crippen molar-refractivity contribution in [1.82, 2.24) is 19.3 Å². The second-order valence-electron chi connectivity index (χ2n) is 6.05. The maximum absolute atomic E-state index is 12.4. The summed E-state index contributed by atoms with van der Waals surface area (Å²) in [4.78, 5) is 26.8. The zero-order valence-corrected chi connectivity index (χ0v) is 15.2. The number of nitrogens with zero attached hydrogens (tertiary/aromatic N) is 5. The predicted octanol–water partition coefficient (Wildman–Crippen LogP) is 2.76. The Hall–Kier alpha value is -3.49. The largest absolute Gasteiger partial charge is 0.458 e. The first kappa shape index (κ1) is 18.3. The van der Waals surface area contributed by atoms with E-state index in [9.17, 15) is 14.9 Å². The number of para-hydroxylation sites is 1. The highest BCUT2D eigenvalue weighted by Gasteiger charge is 2.20. The summed E-state index contributed by atoms with van der Waals surface area (Å²) >= 11 is 0. The minimum atomic E-state index is -0.521. The van der Waals surface area contributed by atoms with Crippen molar-refractivity contribution in [3.05, 3.63) is 69.4 Å². The molecule has 0 radical (unpaired) electrons. The van der Waals surface area contributed by atoms with E-state index in [-0.39, 0.29) is 19.0 Å². The van der Waals surface area contributed by atoms with E-state index in [0.29, 0.717) is 17.1 Å². The van der Waals surface area contributed by atoms with Crippen LogP contribution in [0.2, 0.25) is 0 Å². The van der Waals surface area contributed by atoms with Gasteiger partial charge in [-0.15, -0.1) is 0 Å². The first-order chi connectivity index (χ1) is 12.9. The summed E-state index contributed by atoms with van der Waals surface area (Å²) < 4.78 is 8.38. The molecule has 2 aromatic heterocycles. The molecule has 0 fully saturated rings. The molecule has 0 spiro atoms. The van der Waals surface area contributed by atoms with Crippen molar-refractivity contribution in [2.45, 2.75) is 27.3 Å². The monoisotopic (exact) mass is 369 g/mol.